The molecule has 0 aromatic heterocycles. The molecule has 1 atom stereocenters. The lowest BCUT2D eigenvalue weighted by atomic mass is 9.98. The first-order valence-corrected chi connectivity index (χ1v) is 5.86. The van der Waals surface area contributed by atoms with Crippen LogP contribution in [-0.4, -0.2) is 51.1 Å². The summed E-state index contributed by atoms with van der Waals surface area (Å²) in [5.41, 5.74) is 0. The van der Waals surface area contributed by atoms with Gasteiger partial charge in [-0.15, -0.1) is 0 Å². The average molecular weight is 213 g/mol. The summed E-state index contributed by atoms with van der Waals surface area (Å²) in [6, 6.07) is 0. The number of nitrogens with one attached hydrogen (secondary N) is 2. The Hall–Kier alpha value is -0.610. The van der Waals surface area contributed by atoms with Gasteiger partial charge < -0.3 is 15.5 Å². The van der Waals surface area contributed by atoms with Crippen LogP contribution in [0.3, 0.4) is 0 Å². The minimum atomic E-state index is 0.207. The third-order valence-corrected chi connectivity index (χ3v) is 2.94. The number of rotatable bonds is 5. The van der Waals surface area contributed by atoms with Gasteiger partial charge in [-0.25, -0.2) is 0 Å². The van der Waals surface area contributed by atoms with Gasteiger partial charge in [0.25, 0.3) is 0 Å². The van der Waals surface area contributed by atoms with Crippen molar-refractivity contribution in [3.63, 3.8) is 0 Å². The van der Waals surface area contributed by atoms with Gasteiger partial charge in [-0.05, 0) is 39.4 Å². The lowest BCUT2D eigenvalue weighted by molar-refractivity contribution is -0.134. The Morgan fingerprint density at radius 1 is 1.60 bits per heavy atom. The fraction of sp³-hybridized carbons (Fsp3) is 0.909. The van der Waals surface area contributed by atoms with Gasteiger partial charge in [0, 0.05) is 20.1 Å². The molecule has 1 saturated heterocycles. The summed E-state index contributed by atoms with van der Waals surface area (Å²) in [5, 5.41) is 6.37. The van der Waals surface area contributed by atoms with Crippen LogP contribution in [0.15, 0.2) is 0 Å². The van der Waals surface area contributed by atoms with E-state index in [4.69, 9.17) is 0 Å². The van der Waals surface area contributed by atoms with E-state index in [-0.39, 0.29) is 5.92 Å². The Morgan fingerprint density at radius 2 is 2.40 bits per heavy atom. The van der Waals surface area contributed by atoms with Gasteiger partial charge in [-0.3, -0.25) is 4.79 Å². The lowest BCUT2D eigenvalue weighted by Gasteiger charge is -2.27. The highest BCUT2D eigenvalue weighted by Crippen LogP contribution is 2.12. The molecule has 0 unspecified atom stereocenters. The summed E-state index contributed by atoms with van der Waals surface area (Å²) < 4.78 is 0. The van der Waals surface area contributed by atoms with Crippen molar-refractivity contribution < 1.29 is 4.79 Å². The molecule has 0 spiro atoms. The van der Waals surface area contributed by atoms with Gasteiger partial charge in [-0.1, -0.05) is 0 Å². The van der Waals surface area contributed by atoms with Crippen molar-refractivity contribution in [2.45, 2.75) is 19.3 Å². The Bertz CT molecular complexity index is 190. The van der Waals surface area contributed by atoms with E-state index in [0.717, 1.165) is 45.4 Å². The van der Waals surface area contributed by atoms with Crippen LogP contribution in [0.5, 0.6) is 0 Å². The molecule has 15 heavy (non-hydrogen) atoms. The van der Waals surface area contributed by atoms with E-state index in [0.29, 0.717) is 5.91 Å². The van der Waals surface area contributed by atoms with Gasteiger partial charge in [0.2, 0.25) is 5.91 Å². The molecule has 0 aromatic carbocycles. The normalized spacial score (nSPS) is 21.3. The molecule has 0 radical (unpaired) electrons. The molecular formula is C11H23N3O. The maximum atomic E-state index is 12.0. The van der Waals surface area contributed by atoms with Crippen LogP contribution in [0, 0.1) is 5.92 Å². The smallest absolute Gasteiger partial charge is 0.226 e. The Labute approximate surface area is 92.4 Å². The molecule has 4 nitrogen and oxygen atoms in total. The number of nitrogens with zero attached hydrogens (tertiary/aromatic N) is 1. The molecule has 1 aliphatic rings. The van der Waals surface area contributed by atoms with Gasteiger partial charge >= 0.3 is 0 Å². The Kier molecular flexibility index (Phi) is 5.65. The van der Waals surface area contributed by atoms with Gasteiger partial charge in [0.15, 0.2) is 0 Å². The highest BCUT2D eigenvalue weighted by molar-refractivity contribution is 5.78. The van der Waals surface area contributed by atoms with Crippen LogP contribution in [0.4, 0.5) is 0 Å². The molecule has 1 rings (SSSR count). The molecule has 0 aromatic rings. The van der Waals surface area contributed by atoms with E-state index in [1.807, 2.05) is 19.0 Å². The standard InChI is InChI=1S/C11H23N3O/c1-12-6-4-8-14(2)11(15)10-5-3-7-13-9-10/h10,12-13H,3-9H2,1-2H3/t10-/m1/s1. The minimum absolute atomic E-state index is 0.207. The van der Waals surface area contributed by atoms with Crippen LogP contribution in [0.25, 0.3) is 0 Å². The second kappa shape index (κ2) is 6.80. The molecule has 88 valence electrons. The van der Waals surface area contributed by atoms with E-state index in [2.05, 4.69) is 10.6 Å². The SMILES string of the molecule is CNCCCN(C)C(=O)[C@@H]1CCCNC1. The fourth-order valence-corrected chi connectivity index (χ4v) is 1.98. The van der Waals surface area contributed by atoms with E-state index in [9.17, 15) is 4.79 Å². The zero-order valence-corrected chi connectivity index (χ0v) is 9.88. The molecule has 1 fully saturated rings. The minimum Gasteiger partial charge on any atom is -0.345 e. The molecule has 1 amide bonds. The zero-order valence-electron chi connectivity index (χ0n) is 9.88. The molecule has 0 aliphatic carbocycles. The van der Waals surface area contributed by atoms with Crippen molar-refractivity contribution >= 4 is 5.91 Å². The van der Waals surface area contributed by atoms with Crippen molar-refractivity contribution in [3.8, 4) is 0 Å². The second-order valence-electron chi connectivity index (χ2n) is 4.26. The van der Waals surface area contributed by atoms with Crippen LogP contribution < -0.4 is 10.6 Å². The van der Waals surface area contributed by atoms with Crippen LogP contribution >= 0.6 is 0 Å². The maximum Gasteiger partial charge on any atom is 0.226 e. The van der Waals surface area contributed by atoms with Gasteiger partial charge in [0.05, 0.1) is 5.92 Å². The summed E-state index contributed by atoms with van der Waals surface area (Å²) in [4.78, 5) is 13.8. The number of piperidine rings is 1. The number of carbonyl (C=O) groups is 1. The Morgan fingerprint density at radius 3 is 3.00 bits per heavy atom. The predicted molar refractivity (Wildman–Crippen MR) is 61.8 cm³/mol. The highest BCUT2D eigenvalue weighted by atomic mass is 16.2. The monoisotopic (exact) mass is 213 g/mol. The summed E-state index contributed by atoms with van der Waals surface area (Å²) >= 11 is 0. The largest absolute Gasteiger partial charge is 0.345 e. The lowest BCUT2D eigenvalue weighted by Crippen LogP contribution is -2.42. The molecule has 1 heterocycles. The molecule has 0 saturated carbocycles. The maximum absolute atomic E-state index is 12.0. The predicted octanol–water partition coefficient (Wildman–Crippen LogP) is 0.0539. The van der Waals surface area contributed by atoms with E-state index in [1.54, 1.807) is 0 Å². The quantitative estimate of drug-likeness (QED) is 0.635. The average Bonchev–Trinajstić information content (AvgIpc) is 2.29. The van der Waals surface area contributed by atoms with E-state index >= 15 is 0 Å². The first-order valence-electron chi connectivity index (χ1n) is 5.86. The third kappa shape index (κ3) is 4.18. The summed E-state index contributed by atoms with van der Waals surface area (Å²) in [6.07, 6.45) is 3.20. The van der Waals surface area contributed by atoms with Crippen molar-refractivity contribution in [2.24, 2.45) is 5.92 Å². The Balaban J connectivity index is 2.24. The zero-order chi connectivity index (χ0) is 11.1. The van der Waals surface area contributed by atoms with Gasteiger partial charge in [-0.2, -0.15) is 0 Å². The van der Waals surface area contributed by atoms with Gasteiger partial charge in [0.1, 0.15) is 0 Å². The molecule has 0 bridgehead atoms. The van der Waals surface area contributed by atoms with Crippen LogP contribution in [-0.2, 0) is 4.79 Å². The summed E-state index contributed by atoms with van der Waals surface area (Å²) in [5.74, 6) is 0.511. The number of hydrogen-bond donors (Lipinski definition) is 2. The van der Waals surface area contributed by atoms with Crippen LogP contribution in [0.1, 0.15) is 19.3 Å². The van der Waals surface area contributed by atoms with E-state index < -0.39 is 0 Å². The molecule has 2 N–H and O–H groups in total. The molecule has 4 heteroatoms. The highest BCUT2D eigenvalue weighted by Gasteiger charge is 2.23. The van der Waals surface area contributed by atoms with Crippen molar-refractivity contribution in [2.75, 3.05) is 40.3 Å². The summed E-state index contributed by atoms with van der Waals surface area (Å²) in [7, 11) is 3.85. The van der Waals surface area contributed by atoms with Crippen LogP contribution in [0.2, 0.25) is 0 Å². The number of amides is 1. The van der Waals surface area contributed by atoms with E-state index in [1.165, 1.54) is 0 Å². The third-order valence-electron chi connectivity index (χ3n) is 2.94. The first kappa shape index (κ1) is 12.5. The molecular weight excluding hydrogens is 190 g/mol. The van der Waals surface area contributed by atoms with Crippen molar-refractivity contribution in [1.29, 1.82) is 0 Å². The summed E-state index contributed by atoms with van der Waals surface area (Å²) in [6.45, 7) is 3.75. The van der Waals surface area contributed by atoms with Crippen molar-refractivity contribution in [3.05, 3.63) is 0 Å². The number of carbonyl (C=O) groups excluding carboxylic acids is 1. The second-order valence-corrected chi connectivity index (χ2v) is 4.26. The molecule has 1 aliphatic heterocycles. The fourth-order valence-electron chi connectivity index (χ4n) is 1.98. The first-order chi connectivity index (χ1) is 7.25. The topological polar surface area (TPSA) is 44.4 Å². The number of hydrogen-bond acceptors (Lipinski definition) is 3. The van der Waals surface area contributed by atoms with Crippen molar-refractivity contribution in [1.82, 2.24) is 15.5 Å².